The van der Waals surface area contributed by atoms with Crippen molar-refractivity contribution in [2.75, 3.05) is 6.26 Å². The summed E-state index contributed by atoms with van der Waals surface area (Å²) >= 11 is 0. The van der Waals surface area contributed by atoms with Gasteiger partial charge in [0.15, 0.2) is 20.5 Å². The van der Waals surface area contributed by atoms with E-state index in [1.54, 1.807) is 0 Å². The van der Waals surface area contributed by atoms with Crippen LogP contribution >= 0.6 is 0 Å². The SMILES string of the molecule is CS(=O)(=O)c1cc(S(=O)(=O)O)c2ccc3c([SH](=O)=O)cc(O)c4ccc1c2c43. The first-order chi connectivity index (χ1) is 12.9. The van der Waals surface area contributed by atoms with E-state index < -0.39 is 35.6 Å². The second-order valence-corrected chi connectivity index (χ2v) is 10.7. The Morgan fingerprint density at radius 3 is 1.82 bits per heavy atom. The number of thiol groups is 1. The molecular weight excluding hydrogens is 428 g/mol. The number of rotatable bonds is 3. The highest BCUT2D eigenvalue weighted by Gasteiger charge is 2.25. The van der Waals surface area contributed by atoms with Crippen LogP contribution in [0.5, 0.6) is 5.75 Å². The van der Waals surface area contributed by atoms with Gasteiger partial charge in [-0.3, -0.25) is 4.55 Å². The molecule has 0 aliphatic rings. The Bertz CT molecular complexity index is 1540. The van der Waals surface area contributed by atoms with Crippen LogP contribution in [0.1, 0.15) is 0 Å². The molecule has 0 fully saturated rings. The highest BCUT2D eigenvalue weighted by Crippen LogP contribution is 2.44. The van der Waals surface area contributed by atoms with Crippen molar-refractivity contribution in [1.29, 1.82) is 0 Å². The van der Waals surface area contributed by atoms with Gasteiger partial charge in [0.2, 0.25) is 0 Å². The molecule has 8 nitrogen and oxygen atoms in total. The summed E-state index contributed by atoms with van der Waals surface area (Å²) in [6.07, 6.45) is 0.893. The highest BCUT2D eigenvalue weighted by molar-refractivity contribution is 7.91. The van der Waals surface area contributed by atoms with Crippen molar-refractivity contribution in [3.05, 3.63) is 36.4 Å². The summed E-state index contributed by atoms with van der Waals surface area (Å²) in [7, 11) is -11.8. The second-order valence-electron chi connectivity index (χ2n) is 6.36. The van der Waals surface area contributed by atoms with E-state index in [0.717, 1.165) is 18.4 Å². The van der Waals surface area contributed by atoms with Crippen LogP contribution < -0.4 is 0 Å². The van der Waals surface area contributed by atoms with Crippen molar-refractivity contribution in [3.63, 3.8) is 0 Å². The molecule has 0 atom stereocenters. The largest absolute Gasteiger partial charge is 0.507 e. The summed E-state index contributed by atoms with van der Waals surface area (Å²) in [5, 5.41) is 11.2. The van der Waals surface area contributed by atoms with E-state index in [1.165, 1.54) is 24.3 Å². The average molecular weight is 440 g/mol. The van der Waals surface area contributed by atoms with Gasteiger partial charge in [-0.2, -0.15) is 8.42 Å². The number of benzene rings is 4. The van der Waals surface area contributed by atoms with E-state index in [1.807, 2.05) is 0 Å². The first kappa shape index (κ1) is 18.9. The maximum absolute atomic E-state index is 12.3. The molecule has 0 spiro atoms. The van der Waals surface area contributed by atoms with Gasteiger partial charge in [0, 0.05) is 38.6 Å². The molecule has 0 heterocycles. The minimum atomic E-state index is -4.79. The molecule has 11 heteroatoms. The van der Waals surface area contributed by atoms with Crippen molar-refractivity contribution in [3.8, 4) is 5.75 Å². The van der Waals surface area contributed by atoms with Crippen LogP contribution in [0.3, 0.4) is 0 Å². The van der Waals surface area contributed by atoms with Crippen LogP contribution in [0.4, 0.5) is 0 Å². The van der Waals surface area contributed by atoms with Crippen molar-refractivity contribution >= 4 is 63.0 Å². The quantitative estimate of drug-likeness (QED) is 0.249. The third-order valence-corrected chi connectivity index (χ3v) is 7.45. The van der Waals surface area contributed by atoms with Gasteiger partial charge in [-0.15, -0.1) is 0 Å². The maximum Gasteiger partial charge on any atom is 0.295 e. The lowest BCUT2D eigenvalue weighted by atomic mass is 9.94. The summed E-state index contributed by atoms with van der Waals surface area (Å²) in [6.45, 7) is 0. The molecule has 0 amide bonds. The van der Waals surface area contributed by atoms with E-state index in [-0.39, 0.29) is 47.9 Å². The lowest BCUT2D eigenvalue weighted by Crippen LogP contribution is -2.05. The predicted octanol–water partition coefficient (Wildman–Crippen LogP) is 1.91. The number of sulfone groups is 1. The van der Waals surface area contributed by atoms with E-state index in [2.05, 4.69) is 0 Å². The summed E-state index contributed by atoms with van der Waals surface area (Å²) in [4.78, 5) is -1.14. The Kier molecular flexibility index (Phi) is 3.89. The molecule has 0 aromatic heterocycles. The van der Waals surface area contributed by atoms with Crippen LogP contribution in [0, 0.1) is 0 Å². The van der Waals surface area contributed by atoms with Gasteiger partial charge >= 0.3 is 0 Å². The van der Waals surface area contributed by atoms with E-state index in [9.17, 15) is 34.9 Å². The Morgan fingerprint density at radius 2 is 1.29 bits per heavy atom. The van der Waals surface area contributed by atoms with Crippen molar-refractivity contribution in [2.45, 2.75) is 14.7 Å². The topological polar surface area (TPSA) is 143 Å². The molecule has 0 aliphatic carbocycles. The molecule has 4 aromatic rings. The van der Waals surface area contributed by atoms with Gasteiger partial charge in [-0.1, -0.05) is 18.2 Å². The molecule has 0 bridgehead atoms. The minimum Gasteiger partial charge on any atom is -0.507 e. The highest BCUT2D eigenvalue weighted by atomic mass is 32.2. The Balaban J connectivity index is 2.47. The molecule has 0 saturated carbocycles. The third kappa shape index (κ3) is 2.62. The number of aromatic hydroxyl groups is 1. The monoisotopic (exact) mass is 440 g/mol. The number of phenols is 1. The maximum atomic E-state index is 12.3. The van der Waals surface area contributed by atoms with Gasteiger partial charge in [-0.05, 0) is 18.2 Å². The second kappa shape index (κ2) is 5.77. The van der Waals surface area contributed by atoms with Crippen LogP contribution in [0.15, 0.2) is 51.1 Å². The van der Waals surface area contributed by atoms with E-state index in [4.69, 9.17) is 0 Å². The van der Waals surface area contributed by atoms with Crippen molar-refractivity contribution in [2.24, 2.45) is 0 Å². The molecule has 28 heavy (non-hydrogen) atoms. The number of hydrogen-bond donors (Lipinski definition) is 3. The Labute approximate surface area is 161 Å². The average Bonchev–Trinajstić information content (AvgIpc) is 2.58. The summed E-state index contributed by atoms with van der Waals surface area (Å²) in [5.74, 6) is -0.353. The van der Waals surface area contributed by atoms with Gasteiger partial charge in [0.1, 0.15) is 10.6 Å². The molecule has 4 rings (SSSR count). The van der Waals surface area contributed by atoms with Crippen molar-refractivity contribution in [1.82, 2.24) is 0 Å². The molecule has 4 aromatic carbocycles. The van der Waals surface area contributed by atoms with E-state index >= 15 is 0 Å². The minimum absolute atomic E-state index is 0.0145. The first-order valence-corrected chi connectivity index (χ1v) is 12.2. The zero-order valence-electron chi connectivity index (χ0n) is 14.1. The molecule has 0 saturated heterocycles. The standard InChI is InChI=1S/C17H12O8S3/c1-27(21,22)14-7-15(28(23,24)25)11-5-3-9-13(26(19)20)6-12(18)8-2-4-10(14)17(11)16(8)9/h2-7,18,26H,1H3,(H,23,24,25). The fraction of sp³-hybridized carbons (Fsp3) is 0.0588. The molecule has 2 N–H and O–H groups in total. The fourth-order valence-electron chi connectivity index (χ4n) is 3.56. The first-order valence-electron chi connectivity index (χ1n) is 7.70. The zero-order valence-corrected chi connectivity index (χ0v) is 16.6. The fourth-order valence-corrected chi connectivity index (χ4v) is 5.87. The van der Waals surface area contributed by atoms with Gasteiger partial charge in [0.25, 0.3) is 10.1 Å². The van der Waals surface area contributed by atoms with Crippen LogP contribution in [-0.2, 0) is 30.7 Å². The van der Waals surface area contributed by atoms with Crippen LogP contribution in [0.25, 0.3) is 32.3 Å². The van der Waals surface area contributed by atoms with Crippen LogP contribution in [-0.4, -0.2) is 41.2 Å². The lowest BCUT2D eigenvalue weighted by molar-refractivity contribution is 0.480. The van der Waals surface area contributed by atoms with Gasteiger partial charge < -0.3 is 5.11 Å². The predicted molar refractivity (Wildman–Crippen MR) is 103 cm³/mol. The molecule has 0 unspecified atom stereocenters. The Morgan fingerprint density at radius 1 is 0.786 bits per heavy atom. The van der Waals surface area contributed by atoms with Crippen molar-refractivity contribution < 1.29 is 34.9 Å². The molecule has 146 valence electrons. The smallest absolute Gasteiger partial charge is 0.295 e. The molecule has 0 radical (unpaired) electrons. The third-order valence-electron chi connectivity index (χ3n) is 4.65. The zero-order chi connectivity index (χ0) is 20.6. The summed E-state index contributed by atoms with van der Waals surface area (Å²) in [5.41, 5.74) is 0. The number of hydrogen-bond acceptors (Lipinski definition) is 7. The molecule has 0 aliphatic heterocycles. The molecular formula is C17H12O8S3. The summed E-state index contributed by atoms with van der Waals surface area (Å²) < 4.78 is 81.3. The normalized spacial score (nSPS) is 13.2. The van der Waals surface area contributed by atoms with Gasteiger partial charge in [-0.25, -0.2) is 16.8 Å². The summed E-state index contributed by atoms with van der Waals surface area (Å²) in [6, 6.07) is 7.46. The number of phenolic OH excluding ortho intramolecular Hbond substituents is 1. The van der Waals surface area contributed by atoms with Crippen LogP contribution in [0.2, 0.25) is 0 Å². The Hall–Kier alpha value is -2.47. The van der Waals surface area contributed by atoms with E-state index in [0.29, 0.717) is 0 Å². The van der Waals surface area contributed by atoms with Gasteiger partial charge in [0.05, 0.1) is 9.79 Å². The lowest BCUT2D eigenvalue weighted by Gasteiger charge is -2.17.